The van der Waals surface area contributed by atoms with E-state index in [-0.39, 0.29) is 18.0 Å². The Labute approximate surface area is 70.4 Å². The summed E-state index contributed by atoms with van der Waals surface area (Å²) in [6, 6.07) is 1.56. The van der Waals surface area contributed by atoms with Crippen LogP contribution in [0.1, 0.15) is 30.1 Å². The number of carbonyl (C=O) groups excluding carboxylic acids is 2. The molecular formula is C9H10O3. The number of hydrogen-bond donors (Lipinski definition) is 0. The third-order valence-corrected chi connectivity index (χ3v) is 1.60. The minimum absolute atomic E-state index is 0.0178. The van der Waals surface area contributed by atoms with Crippen molar-refractivity contribution in [3.05, 3.63) is 24.2 Å². The Morgan fingerprint density at radius 3 is 2.75 bits per heavy atom. The summed E-state index contributed by atoms with van der Waals surface area (Å²) in [4.78, 5) is 22.1. The van der Waals surface area contributed by atoms with Gasteiger partial charge < -0.3 is 4.42 Å². The van der Waals surface area contributed by atoms with Crippen LogP contribution in [0.25, 0.3) is 0 Å². The Kier molecular flexibility index (Phi) is 2.80. The summed E-state index contributed by atoms with van der Waals surface area (Å²) in [6.45, 7) is 1.74. The van der Waals surface area contributed by atoms with Gasteiger partial charge in [-0.15, -0.1) is 0 Å². The van der Waals surface area contributed by atoms with Gasteiger partial charge in [0.05, 0.1) is 18.2 Å². The zero-order valence-electron chi connectivity index (χ0n) is 6.87. The number of ketones is 2. The number of hydrogen-bond acceptors (Lipinski definition) is 3. The highest BCUT2D eigenvalue weighted by atomic mass is 16.3. The van der Waals surface area contributed by atoms with Crippen molar-refractivity contribution < 1.29 is 14.0 Å². The Morgan fingerprint density at radius 1 is 1.50 bits per heavy atom. The molecule has 1 aromatic rings. The summed E-state index contributed by atoms with van der Waals surface area (Å²) in [5.41, 5.74) is 0.469. The van der Waals surface area contributed by atoms with Crippen molar-refractivity contribution in [3.8, 4) is 0 Å². The fourth-order valence-corrected chi connectivity index (χ4v) is 0.829. The molecule has 0 atom stereocenters. The standard InChI is InChI=1S/C9H10O3/c1-2-8(10)5-9(11)7-3-4-12-6-7/h3-4,6H,2,5H2,1H3. The van der Waals surface area contributed by atoms with Crippen molar-refractivity contribution in [3.63, 3.8) is 0 Å². The molecular weight excluding hydrogens is 156 g/mol. The number of furan rings is 1. The average Bonchev–Trinajstić information content (AvgIpc) is 2.56. The smallest absolute Gasteiger partial charge is 0.173 e. The maximum atomic E-state index is 11.2. The zero-order valence-corrected chi connectivity index (χ0v) is 6.87. The molecule has 3 heteroatoms. The summed E-state index contributed by atoms with van der Waals surface area (Å²) in [5.74, 6) is -0.211. The Bertz CT molecular complexity index is 272. The molecule has 0 spiro atoms. The van der Waals surface area contributed by atoms with Gasteiger partial charge in [-0.2, -0.15) is 0 Å². The van der Waals surface area contributed by atoms with E-state index in [0.29, 0.717) is 12.0 Å². The van der Waals surface area contributed by atoms with Crippen LogP contribution in [-0.2, 0) is 4.79 Å². The fraction of sp³-hybridized carbons (Fsp3) is 0.333. The van der Waals surface area contributed by atoms with Crippen LogP contribution in [0.4, 0.5) is 0 Å². The van der Waals surface area contributed by atoms with Crippen LogP contribution < -0.4 is 0 Å². The molecule has 0 amide bonds. The molecule has 0 aliphatic rings. The van der Waals surface area contributed by atoms with E-state index in [1.54, 1.807) is 13.0 Å². The van der Waals surface area contributed by atoms with Crippen LogP contribution in [0, 0.1) is 0 Å². The molecule has 0 radical (unpaired) electrons. The first-order valence-electron chi connectivity index (χ1n) is 3.81. The van der Waals surface area contributed by atoms with Gasteiger partial charge in [0.25, 0.3) is 0 Å². The molecule has 1 heterocycles. The van der Waals surface area contributed by atoms with E-state index >= 15 is 0 Å². The molecule has 0 saturated heterocycles. The van der Waals surface area contributed by atoms with Gasteiger partial charge in [-0.05, 0) is 6.07 Å². The molecule has 1 aromatic heterocycles. The first kappa shape index (κ1) is 8.71. The summed E-state index contributed by atoms with van der Waals surface area (Å²) in [7, 11) is 0. The van der Waals surface area contributed by atoms with Gasteiger partial charge in [0, 0.05) is 6.42 Å². The van der Waals surface area contributed by atoms with Crippen LogP contribution in [0.2, 0.25) is 0 Å². The van der Waals surface area contributed by atoms with E-state index in [1.165, 1.54) is 12.5 Å². The first-order chi connectivity index (χ1) is 5.74. The van der Waals surface area contributed by atoms with E-state index < -0.39 is 0 Å². The van der Waals surface area contributed by atoms with Crippen molar-refractivity contribution in [2.75, 3.05) is 0 Å². The van der Waals surface area contributed by atoms with E-state index in [2.05, 4.69) is 0 Å². The van der Waals surface area contributed by atoms with E-state index in [1.807, 2.05) is 0 Å². The molecule has 0 aromatic carbocycles. The van der Waals surface area contributed by atoms with Crippen molar-refractivity contribution in [1.82, 2.24) is 0 Å². The van der Waals surface area contributed by atoms with Crippen LogP contribution in [-0.4, -0.2) is 11.6 Å². The number of Topliss-reactive ketones (excluding diaryl/α,β-unsaturated/α-hetero) is 2. The molecule has 12 heavy (non-hydrogen) atoms. The number of rotatable bonds is 4. The van der Waals surface area contributed by atoms with Gasteiger partial charge in [0.2, 0.25) is 0 Å². The summed E-state index contributed by atoms with van der Waals surface area (Å²) >= 11 is 0. The molecule has 0 aliphatic heterocycles. The van der Waals surface area contributed by atoms with Crippen LogP contribution in [0.5, 0.6) is 0 Å². The molecule has 0 N–H and O–H groups in total. The lowest BCUT2D eigenvalue weighted by Gasteiger charge is -1.93. The lowest BCUT2D eigenvalue weighted by atomic mass is 10.1. The summed E-state index contributed by atoms with van der Waals surface area (Å²) in [6.07, 6.45) is 3.16. The second-order valence-electron chi connectivity index (χ2n) is 2.50. The molecule has 1 rings (SSSR count). The van der Waals surface area contributed by atoms with Gasteiger partial charge in [-0.25, -0.2) is 0 Å². The topological polar surface area (TPSA) is 47.3 Å². The maximum absolute atomic E-state index is 11.2. The third-order valence-electron chi connectivity index (χ3n) is 1.60. The minimum Gasteiger partial charge on any atom is -0.472 e. The minimum atomic E-state index is -0.171. The summed E-state index contributed by atoms with van der Waals surface area (Å²) in [5, 5.41) is 0. The first-order valence-corrected chi connectivity index (χ1v) is 3.81. The predicted octanol–water partition coefficient (Wildman–Crippen LogP) is 1.83. The summed E-state index contributed by atoms with van der Waals surface area (Å²) < 4.78 is 4.72. The average molecular weight is 166 g/mol. The quantitative estimate of drug-likeness (QED) is 0.506. The normalized spacial score (nSPS) is 9.75. The molecule has 0 aliphatic carbocycles. The highest BCUT2D eigenvalue weighted by molar-refractivity contribution is 6.07. The molecule has 3 nitrogen and oxygen atoms in total. The second-order valence-corrected chi connectivity index (χ2v) is 2.50. The highest BCUT2D eigenvalue weighted by Crippen LogP contribution is 2.04. The lowest BCUT2D eigenvalue weighted by molar-refractivity contribution is -0.117. The predicted molar refractivity (Wildman–Crippen MR) is 43.0 cm³/mol. The zero-order chi connectivity index (χ0) is 8.97. The van der Waals surface area contributed by atoms with Gasteiger partial charge in [-0.1, -0.05) is 6.92 Å². The lowest BCUT2D eigenvalue weighted by Crippen LogP contribution is -2.05. The van der Waals surface area contributed by atoms with Gasteiger partial charge in [-0.3, -0.25) is 9.59 Å². The SMILES string of the molecule is CCC(=O)CC(=O)c1ccoc1. The van der Waals surface area contributed by atoms with E-state index in [9.17, 15) is 9.59 Å². The van der Waals surface area contributed by atoms with Gasteiger partial charge >= 0.3 is 0 Å². The Balaban J connectivity index is 2.56. The molecule has 0 bridgehead atoms. The third kappa shape index (κ3) is 2.05. The van der Waals surface area contributed by atoms with Crippen molar-refractivity contribution in [2.45, 2.75) is 19.8 Å². The molecule has 0 fully saturated rings. The van der Waals surface area contributed by atoms with E-state index in [0.717, 1.165) is 0 Å². The van der Waals surface area contributed by atoms with Crippen LogP contribution >= 0.6 is 0 Å². The molecule has 0 saturated carbocycles. The van der Waals surface area contributed by atoms with Crippen molar-refractivity contribution >= 4 is 11.6 Å². The Hall–Kier alpha value is -1.38. The fourth-order valence-electron chi connectivity index (χ4n) is 0.829. The monoisotopic (exact) mass is 166 g/mol. The molecule has 0 unspecified atom stereocenters. The second kappa shape index (κ2) is 3.85. The van der Waals surface area contributed by atoms with Crippen molar-refractivity contribution in [2.24, 2.45) is 0 Å². The maximum Gasteiger partial charge on any atom is 0.173 e. The van der Waals surface area contributed by atoms with Gasteiger partial charge in [0.1, 0.15) is 12.0 Å². The van der Waals surface area contributed by atoms with Crippen LogP contribution in [0.15, 0.2) is 23.0 Å². The highest BCUT2D eigenvalue weighted by Gasteiger charge is 2.10. The molecule has 64 valence electrons. The number of carbonyl (C=O) groups is 2. The van der Waals surface area contributed by atoms with Crippen molar-refractivity contribution in [1.29, 1.82) is 0 Å². The van der Waals surface area contributed by atoms with Gasteiger partial charge in [0.15, 0.2) is 5.78 Å². The Morgan fingerprint density at radius 2 is 2.25 bits per heavy atom. The van der Waals surface area contributed by atoms with Crippen LogP contribution in [0.3, 0.4) is 0 Å². The largest absolute Gasteiger partial charge is 0.472 e. The van der Waals surface area contributed by atoms with E-state index in [4.69, 9.17) is 4.42 Å².